The molecule has 2 heterocycles. The third-order valence-corrected chi connectivity index (χ3v) is 7.45. The number of aromatic nitrogens is 1. The van der Waals surface area contributed by atoms with Gasteiger partial charge in [-0.25, -0.2) is 14.6 Å². The van der Waals surface area contributed by atoms with Gasteiger partial charge in [0, 0.05) is 5.56 Å². The molecule has 10 nitrogen and oxygen atoms in total. The molecule has 13 heteroatoms. The van der Waals surface area contributed by atoms with Gasteiger partial charge in [-0.2, -0.15) is 0 Å². The summed E-state index contributed by atoms with van der Waals surface area (Å²) in [6, 6.07) is 7.20. The number of carbonyl (C=O) groups is 2. The first-order valence-corrected chi connectivity index (χ1v) is 13.4. The van der Waals surface area contributed by atoms with Crippen LogP contribution in [0.25, 0.3) is 6.08 Å². The number of fused-ring (bicyclic) bond motifs is 1. The lowest BCUT2D eigenvalue weighted by Crippen LogP contribution is -2.40. The van der Waals surface area contributed by atoms with Crippen LogP contribution in [-0.2, 0) is 14.3 Å². The highest BCUT2D eigenvalue weighted by atomic mass is 35.5. The van der Waals surface area contributed by atoms with Crippen molar-refractivity contribution in [1.82, 2.24) is 4.57 Å². The third kappa shape index (κ3) is 5.72. The molecule has 0 bridgehead atoms. The lowest BCUT2D eigenvalue weighted by Gasteiger charge is -2.26. The van der Waals surface area contributed by atoms with Crippen LogP contribution in [0.3, 0.4) is 0 Å². The lowest BCUT2D eigenvalue weighted by molar-refractivity contribution is -0.140. The maximum Gasteiger partial charge on any atom is 0.341 e. The summed E-state index contributed by atoms with van der Waals surface area (Å²) in [5.41, 5.74) is 1.15. The highest BCUT2D eigenvalue weighted by Crippen LogP contribution is 2.38. The van der Waals surface area contributed by atoms with Crippen LogP contribution in [0.2, 0.25) is 10.0 Å². The lowest BCUT2D eigenvalue weighted by atomic mass is 9.94. The first-order chi connectivity index (χ1) is 19.1. The van der Waals surface area contributed by atoms with Crippen LogP contribution in [0.1, 0.15) is 31.0 Å². The Morgan fingerprint density at radius 1 is 1.15 bits per heavy atom. The van der Waals surface area contributed by atoms with Gasteiger partial charge in [0.2, 0.25) is 0 Å². The van der Waals surface area contributed by atoms with Crippen LogP contribution in [0, 0.1) is 0 Å². The van der Waals surface area contributed by atoms with Crippen LogP contribution < -0.4 is 29.1 Å². The van der Waals surface area contributed by atoms with Crippen LogP contribution in [0.15, 0.2) is 51.4 Å². The van der Waals surface area contributed by atoms with E-state index in [4.69, 9.17) is 47.3 Å². The molecular weight excluding hydrogens is 583 g/mol. The number of rotatable bonds is 9. The van der Waals surface area contributed by atoms with Crippen molar-refractivity contribution >= 4 is 52.6 Å². The van der Waals surface area contributed by atoms with Crippen molar-refractivity contribution in [3.05, 3.63) is 82.5 Å². The minimum Gasteiger partial charge on any atom is -0.497 e. The van der Waals surface area contributed by atoms with Crippen molar-refractivity contribution in [2.75, 3.05) is 27.4 Å². The molecule has 210 valence electrons. The quantitative estimate of drug-likeness (QED) is 0.366. The Balaban J connectivity index is 1.93. The number of aliphatic carboxylic acids is 1. The molecule has 2 aromatic carbocycles. The van der Waals surface area contributed by atoms with E-state index in [9.17, 15) is 14.4 Å². The predicted molar refractivity (Wildman–Crippen MR) is 150 cm³/mol. The summed E-state index contributed by atoms with van der Waals surface area (Å²) in [6.45, 7) is 2.89. The molecule has 0 radical (unpaired) electrons. The van der Waals surface area contributed by atoms with Crippen molar-refractivity contribution in [1.29, 1.82) is 0 Å². The Bertz CT molecular complexity index is 1690. The van der Waals surface area contributed by atoms with Gasteiger partial charge in [-0.1, -0.05) is 34.5 Å². The molecule has 0 spiro atoms. The van der Waals surface area contributed by atoms with Crippen molar-refractivity contribution in [2.45, 2.75) is 19.9 Å². The maximum atomic E-state index is 13.9. The standard InChI is InChI=1S/C27H24Cl2N2O8S/c1-5-38-26(35)22-13(2)30-27-31(23(22)16-11-15(36-3)6-7-19(16)37-4)25(34)20(40-27)10-14-8-17(28)24(18(29)9-14)39-12-21(32)33/h6-11,23H,5,12H2,1-4H3,(H,32,33)/b20-10-/t23-/m0/s1. The van der Waals surface area contributed by atoms with Crippen molar-refractivity contribution < 1.29 is 33.6 Å². The fourth-order valence-corrected chi connectivity index (χ4v) is 5.88. The summed E-state index contributed by atoms with van der Waals surface area (Å²) in [5.74, 6) is -0.831. The van der Waals surface area contributed by atoms with Gasteiger partial charge in [0.1, 0.15) is 17.5 Å². The molecule has 1 aliphatic rings. The van der Waals surface area contributed by atoms with E-state index in [2.05, 4.69) is 4.99 Å². The second-order valence-electron chi connectivity index (χ2n) is 8.41. The van der Waals surface area contributed by atoms with Crippen molar-refractivity contribution in [3.63, 3.8) is 0 Å². The number of carboxylic acids is 1. The Morgan fingerprint density at radius 3 is 2.45 bits per heavy atom. The van der Waals surface area contributed by atoms with E-state index in [-0.39, 0.29) is 32.5 Å². The highest BCUT2D eigenvalue weighted by molar-refractivity contribution is 7.07. The first kappa shape index (κ1) is 29.2. The van der Waals surface area contributed by atoms with Gasteiger partial charge in [-0.15, -0.1) is 0 Å². The average molecular weight is 607 g/mol. The summed E-state index contributed by atoms with van der Waals surface area (Å²) in [4.78, 5) is 42.8. The van der Waals surface area contributed by atoms with E-state index >= 15 is 0 Å². The van der Waals surface area contributed by atoms with Crippen molar-refractivity contribution in [3.8, 4) is 17.2 Å². The molecule has 0 saturated carbocycles. The zero-order chi connectivity index (χ0) is 29.1. The van der Waals surface area contributed by atoms with Crippen molar-refractivity contribution in [2.24, 2.45) is 4.99 Å². The Hall–Kier alpha value is -3.80. The van der Waals surface area contributed by atoms with Gasteiger partial charge in [-0.05, 0) is 55.8 Å². The van der Waals surface area contributed by atoms with Gasteiger partial charge in [0.25, 0.3) is 5.56 Å². The summed E-state index contributed by atoms with van der Waals surface area (Å²) < 4.78 is 23.2. The molecule has 0 amide bonds. The molecule has 1 N–H and O–H groups in total. The van der Waals surface area contributed by atoms with Gasteiger partial charge >= 0.3 is 11.9 Å². The number of carbonyl (C=O) groups excluding carboxylic acids is 1. The summed E-state index contributed by atoms with van der Waals surface area (Å²) >= 11 is 13.7. The number of ether oxygens (including phenoxy) is 4. The summed E-state index contributed by atoms with van der Waals surface area (Å²) in [7, 11) is 3.01. The molecule has 0 saturated heterocycles. The molecule has 4 rings (SSSR count). The number of benzene rings is 2. The van der Waals surface area contributed by atoms with E-state index in [1.54, 1.807) is 38.1 Å². The SMILES string of the molecule is CCOC(=O)C1=C(C)N=c2s/c(=C\c3cc(Cl)c(OCC(=O)O)c(Cl)c3)c(=O)n2[C@H]1c1cc(OC)ccc1OC. The Kier molecular flexibility index (Phi) is 8.87. The molecule has 0 aliphatic carbocycles. The zero-order valence-electron chi connectivity index (χ0n) is 21.8. The maximum absolute atomic E-state index is 13.9. The molecule has 0 unspecified atom stereocenters. The molecule has 40 heavy (non-hydrogen) atoms. The van der Waals surface area contributed by atoms with Crippen LogP contribution in [-0.4, -0.2) is 49.0 Å². The number of halogens is 2. The topological polar surface area (TPSA) is 126 Å². The fourth-order valence-electron chi connectivity index (χ4n) is 4.22. The van der Waals surface area contributed by atoms with Crippen LogP contribution in [0.5, 0.6) is 17.2 Å². The Morgan fingerprint density at radius 2 is 1.85 bits per heavy atom. The monoisotopic (exact) mass is 606 g/mol. The Labute approximate surface area is 242 Å². The number of esters is 1. The molecule has 1 aliphatic heterocycles. The van der Waals surface area contributed by atoms with Crippen LogP contribution >= 0.6 is 34.5 Å². The summed E-state index contributed by atoms with van der Waals surface area (Å²) in [6.07, 6.45) is 1.58. The summed E-state index contributed by atoms with van der Waals surface area (Å²) in [5, 5.41) is 9.03. The second-order valence-corrected chi connectivity index (χ2v) is 10.2. The van der Waals surface area contributed by atoms with E-state index in [1.807, 2.05) is 0 Å². The predicted octanol–water partition coefficient (Wildman–Crippen LogP) is 3.59. The third-order valence-electron chi connectivity index (χ3n) is 5.91. The van der Waals surface area contributed by atoms with E-state index in [0.29, 0.717) is 33.1 Å². The minimum atomic E-state index is -1.18. The van der Waals surface area contributed by atoms with Gasteiger partial charge < -0.3 is 24.1 Å². The largest absolute Gasteiger partial charge is 0.497 e. The minimum absolute atomic E-state index is 0.0177. The van der Waals surface area contributed by atoms with Gasteiger partial charge in [0.05, 0.1) is 46.7 Å². The smallest absolute Gasteiger partial charge is 0.341 e. The fraction of sp³-hybridized carbons (Fsp3) is 0.259. The normalized spacial score (nSPS) is 14.8. The number of hydrogen-bond donors (Lipinski definition) is 1. The zero-order valence-corrected chi connectivity index (χ0v) is 24.1. The average Bonchev–Trinajstić information content (AvgIpc) is 3.20. The number of methoxy groups -OCH3 is 2. The number of thiazole rings is 1. The van der Waals surface area contributed by atoms with Gasteiger partial charge in [-0.3, -0.25) is 9.36 Å². The molecular formula is C27H24Cl2N2O8S. The van der Waals surface area contributed by atoms with E-state index < -0.39 is 30.1 Å². The second kappa shape index (κ2) is 12.2. The number of hydrogen-bond acceptors (Lipinski definition) is 9. The highest BCUT2D eigenvalue weighted by Gasteiger charge is 2.35. The first-order valence-electron chi connectivity index (χ1n) is 11.8. The van der Waals surface area contributed by atoms with E-state index in [0.717, 1.165) is 11.3 Å². The number of carboxylic acid groups (broad SMARTS) is 1. The molecule has 0 fully saturated rings. The van der Waals surface area contributed by atoms with Gasteiger partial charge in [0.15, 0.2) is 17.2 Å². The van der Waals surface area contributed by atoms with Crippen LogP contribution in [0.4, 0.5) is 0 Å². The number of nitrogens with zero attached hydrogens (tertiary/aromatic N) is 2. The molecule has 3 aromatic rings. The van der Waals surface area contributed by atoms with E-state index in [1.165, 1.54) is 30.9 Å². The molecule has 1 aromatic heterocycles. The number of allylic oxidation sites excluding steroid dienone is 1. The molecule has 1 atom stereocenters.